The van der Waals surface area contributed by atoms with E-state index in [1.165, 1.54) is 12.1 Å². The molecule has 2 amide bonds. The zero-order chi connectivity index (χ0) is 21.1. The van der Waals surface area contributed by atoms with Crippen LogP contribution in [0.5, 0.6) is 5.75 Å². The molecule has 0 aliphatic carbocycles. The topological polar surface area (TPSA) is 97.6 Å². The zero-order valence-electron chi connectivity index (χ0n) is 16.2. The summed E-state index contributed by atoms with van der Waals surface area (Å²) in [4.78, 5) is 26.2. The van der Waals surface area contributed by atoms with Crippen LogP contribution >= 0.6 is 0 Å². The number of carbonyl (C=O) groups is 2. The molecule has 1 aromatic heterocycles. The lowest BCUT2D eigenvalue weighted by Crippen LogP contribution is -2.24. The summed E-state index contributed by atoms with van der Waals surface area (Å²) in [7, 11) is 1.56. The maximum absolute atomic E-state index is 13.1. The van der Waals surface area contributed by atoms with Crippen molar-refractivity contribution < 1.29 is 23.1 Å². The van der Waals surface area contributed by atoms with E-state index in [1.807, 2.05) is 6.07 Å². The van der Waals surface area contributed by atoms with Crippen LogP contribution < -0.4 is 15.0 Å². The second-order valence-electron chi connectivity index (χ2n) is 6.90. The summed E-state index contributed by atoms with van der Waals surface area (Å²) in [5.41, 5.74) is 1.39. The number of anilines is 2. The third kappa shape index (κ3) is 4.29. The number of carbonyl (C=O) groups excluding carboxylic acids is 2. The number of amides is 2. The summed E-state index contributed by atoms with van der Waals surface area (Å²) >= 11 is 0. The van der Waals surface area contributed by atoms with Gasteiger partial charge in [-0.2, -0.15) is 0 Å². The molecule has 1 aliphatic heterocycles. The van der Waals surface area contributed by atoms with Gasteiger partial charge in [-0.3, -0.25) is 14.9 Å². The third-order valence-corrected chi connectivity index (χ3v) is 4.80. The fourth-order valence-electron chi connectivity index (χ4n) is 3.32. The van der Waals surface area contributed by atoms with Gasteiger partial charge in [0.1, 0.15) is 11.6 Å². The van der Waals surface area contributed by atoms with Crippen molar-refractivity contribution in [2.45, 2.75) is 18.8 Å². The van der Waals surface area contributed by atoms with Crippen LogP contribution in [0.25, 0.3) is 0 Å². The van der Waals surface area contributed by atoms with Crippen LogP contribution in [0, 0.1) is 5.82 Å². The lowest BCUT2D eigenvalue weighted by molar-refractivity contribution is -0.117. The van der Waals surface area contributed by atoms with E-state index in [0.29, 0.717) is 18.0 Å². The van der Waals surface area contributed by atoms with Gasteiger partial charge >= 0.3 is 6.01 Å². The molecule has 1 unspecified atom stereocenters. The number of nitrogens with one attached hydrogen (secondary N) is 1. The Hall–Kier alpha value is -3.75. The fourth-order valence-corrected chi connectivity index (χ4v) is 3.32. The van der Waals surface area contributed by atoms with Gasteiger partial charge < -0.3 is 14.1 Å². The minimum atomic E-state index is -0.367. The maximum atomic E-state index is 13.1. The quantitative estimate of drug-likeness (QED) is 0.671. The van der Waals surface area contributed by atoms with Gasteiger partial charge in [0.15, 0.2) is 0 Å². The van der Waals surface area contributed by atoms with Crippen LogP contribution in [-0.4, -0.2) is 35.7 Å². The minimum Gasteiger partial charge on any atom is -0.497 e. The number of hydrogen-bond acceptors (Lipinski definition) is 6. The van der Waals surface area contributed by atoms with Gasteiger partial charge in [0.05, 0.1) is 19.4 Å². The van der Waals surface area contributed by atoms with Crippen LogP contribution in [0.1, 0.15) is 23.8 Å². The van der Waals surface area contributed by atoms with E-state index in [9.17, 15) is 14.0 Å². The highest BCUT2D eigenvalue weighted by Gasteiger charge is 2.35. The Bertz CT molecular complexity index is 1070. The molecular formula is C21H19FN4O4. The molecule has 1 fully saturated rings. The number of nitrogens with zero attached hydrogens (tertiary/aromatic N) is 3. The van der Waals surface area contributed by atoms with E-state index < -0.39 is 0 Å². The molecular weight excluding hydrogens is 391 g/mol. The first-order chi connectivity index (χ1) is 14.5. The summed E-state index contributed by atoms with van der Waals surface area (Å²) < 4.78 is 23.8. The molecule has 154 valence electrons. The molecule has 0 saturated carbocycles. The van der Waals surface area contributed by atoms with Crippen molar-refractivity contribution in [3.8, 4) is 5.75 Å². The predicted molar refractivity (Wildman–Crippen MR) is 106 cm³/mol. The smallest absolute Gasteiger partial charge is 0.322 e. The average Bonchev–Trinajstić information content (AvgIpc) is 3.35. The van der Waals surface area contributed by atoms with Gasteiger partial charge in [-0.15, -0.1) is 5.10 Å². The maximum Gasteiger partial charge on any atom is 0.322 e. The van der Waals surface area contributed by atoms with E-state index in [4.69, 9.17) is 9.15 Å². The van der Waals surface area contributed by atoms with E-state index in [2.05, 4.69) is 15.5 Å². The first-order valence-electron chi connectivity index (χ1n) is 9.34. The first kappa shape index (κ1) is 19.6. The second-order valence-corrected chi connectivity index (χ2v) is 6.90. The molecule has 1 saturated heterocycles. The Kier molecular flexibility index (Phi) is 5.42. The monoisotopic (exact) mass is 410 g/mol. The lowest BCUT2D eigenvalue weighted by atomic mass is 10.1. The molecule has 3 aromatic rings. The molecule has 30 heavy (non-hydrogen) atoms. The summed E-state index contributed by atoms with van der Waals surface area (Å²) in [5.74, 6) is -0.170. The Balaban J connectivity index is 1.38. The van der Waals surface area contributed by atoms with E-state index >= 15 is 0 Å². The molecule has 0 radical (unpaired) electrons. The Labute approximate surface area is 171 Å². The second kappa shape index (κ2) is 8.32. The number of hydrogen-bond donors (Lipinski definition) is 1. The van der Waals surface area contributed by atoms with Crippen LogP contribution in [0.3, 0.4) is 0 Å². The SMILES string of the molecule is COc1cccc(CC(=O)Nc2nnc(C3CC(=O)N(c4ccc(F)cc4)C3)o2)c1. The van der Waals surface area contributed by atoms with E-state index in [-0.39, 0.29) is 48.3 Å². The number of aromatic nitrogens is 2. The number of methoxy groups -OCH3 is 1. The van der Waals surface area contributed by atoms with E-state index in [1.54, 1.807) is 42.3 Å². The Morgan fingerprint density at radius 1 is 1.27 bits per heavy atom. The highest BCUT2D eigenvalue weighted by atomic mass is 19.1. The van der Waals surface area contributed by atoms with E-state index in [0.717, 1.165) is 5.56 Å². The first-order valence-corrected chi connectivity index (χ1v) is 9.34. The lowest BCUT2D eigenvalue weighted by Gasteiger charge is -2.15. The summed E-state index contributed by atoms with van der Waals surface area (Å²) in [6.45, 7) is 0.337. The molecule has 1 aliphatic rings. The fraction of sp³-hybridized carbons (Fsp3) is 0.238. The molecule has 0 bridgehead atoms. The molecule has 2 aromatic carbocycles. The summed E-state index contributed by atoms with van der Waals surface area (Å²) in [5, 5.41) is 10.4. The van der Waals surface area contributed by atoms with Gasteiger partial charge in [-0.1, -0.05) is 17.2 Å². The standard InChI is InChI=1S/C21H19FN4O4/c1-29-17-4-2-3-13(9-17)10-18(27)23-21-25-24-20(30-21)14-11-19(28)26(12-14)16-7-5-15(22)6-8-16/h2-9,14H,10-12H2,1H3,(H,23,25,27). The molecule has 8 nitrogen and oxygen atoms in total. The summed E-state index contributed by atoms with van der Waals surface area (Å²) in [6.07, 6.45) is 0.311. The molecule has 1 N–H and O–H groups in total. The predicted octanol–water partition coefficient (Wildman–Crippen LogP) is 2.92. The Morgan fingerprint density at radius 3 is 2.83 bits per heavy atom. The molecule has 1 atom stereocenters. The van der Waals surface area contributed by atoms with Crippen LogP contribution in [0.4, 0.5) is 16.1 Å². The third-order valence-electron chi connectivity index (χ3n) is 4.80. The number of benzene rings is 2. The average molecular weight is 410 g/mol. The van der Waals surface area contributed by atoms with Crippen molar-refractivity contribution in [2.75, 3.05) is 23.9 Å². The Morgan fingerprint density at radius 2 is 2.07 bits per heavy atom. The summed E-state index contributed by atoms with van der Waals surface area (Å²) in [6, 6.07) is 12.9. The van der Waals surface area contributed by atoms with Crippen LogP contribution in [-0.2, 0) is 16.0 Å². The number of halogens is 1. The largest absolute Gasteiger partial charge is 0.497 e. The van der Waals surface area contributed by atoms with Crippen molar-refractivity contribution in [3.63, 3.8) is 0 Å². The van der Waals surface area contributed by atoms with Gasteiger partial charge in [0, 0.05) is 18.7 Å². The highest BCUT2D eigenvalue weighted by molar-refractivity contribution is 5.96. The van der Waals surface area contributed by atoms with Crippen molar-refractivity contribution in [1.82, 2.24) is 10.2 Å². The van der Waals surface area contributed by atoms with Crippen molar-refractivity contribution in [2.24, 2.45) is 0 Å². The minimum absolute atomic E-state index is 0.0226. The highest BCUT2D eigenvalue weighted by Crippen LogP contribution is 2.31. The van der Waals surface area contributed by atoms with Crippen LogP contribution in [0.2, 0.25) is 0 Å². The molecule has 4 rings (SSSR count). The zero-order valence-corrected chi connectivity index (χ0v) is 16.2. The van der Waals surface area contributed by atoms with Gasteiger partial charge in [-0.25, -0.2) is 4.39 Å². The number of rotatable bonds is 6. The molecule has 2 heterocycles. The van der Waals surface area contributed by atoms with Crippen LogP contribution in [0.15, 0.2) is 52.9 Å². The molecule has 9 heteroatoms. The van der Waals surface area contributed by atoms with Crippen molar-refractivity contribution in [3.05, 3.63) is 65.8 Å². The van der Waals surface area contributed by atoms with Crippen molar-refractivity contribution >= 4 is 23.5 Å². The normalized spacial score (nSPS) is 16.0. The van der Waals surface area contributed by atoms with Crippen molar-refractivity contribution in [1.29, 1.82) is 0 Å². The number of ether oxygens (including phenoxy) is 1. The van der Waals surface area contributed by atoms with Gasteiger partial charge in [0.2, 0.25) is 17.7 Å². The molecule has 0 spiro atoms. The van der Waals surface area contributed by atoms with Gasteiger partial charge in [-0.05, 0) is 42.0 Å². The van der Waals surface area contributed by atoms with Gasteiger partial charge in [0.25, 0.3) is 0 Å².